The monoisotopic (exact) mass is 172 g/mol. The summed E-state index contributed by atoms with van der Waals surface area (Å²) in [6, 6.07) is 0. The van der Waals surface area contributed by atoms with E-state index in [0.29, 0.717) is 0 Å². The lowest BCUT2D eigenvalue weighted by Crippen LogP contribution is -2.18. The van der Waals surface area contributed by atoms with Crippen LogP contribution in [-0.4, -0.2) is 22.4 Å². The van der Waals surface area contributed by atoms with Gasteiger partial charge in [-0.05, 0) is 32.6 Å². The minimum Gasteiger partial charge on any atom is -0.396 e. The molecule has 2 N–H and O–H groups in total. The number of hydrogen-bond donors (Lipinski definition) is 2. The van der Waals surface area contributed by atoms with Crippen LogP contribution in [0.2, 0.25) is 0 Å². The van der Waals surface area contributed by atoms with Gasteiger partial charge in [-0.2, -0.15) is 0 Å². The molecule has 0 aromatic carbocycles. The number of aliphatic hydroxyl groups excluding tert-OH is 1. The van der Waals surface area contributed by atoms with E-state index in [1.807, 2.05) is 19.1 Å². The zero-order chi connectivity index (χ0) is 9.45. The molecule has 0 amide bonds. The average molecular weight is 172 g/mol. The lowest BCUT2D eigenvalue weighted by atomic mass is 10.0. The van der Waals surface area contributed by atoms with Gasteiger partial charge in [0.25, 0.3) is 0 Å². The summed E-state index contributed by atoms with van der Waals surface area (Å²) in [6.07, 6.45) is 7.34. The number of unbranched alkanes of at least 4 members (excludes halogenated alkanes) is 2. The van der Waals surface area contributed by atoms with Gasteiger partial charge in [0.1, 0.15) is 0 Å². The molecule has 0 saturated carbocycles. The van der Waals surface area contributed by atoms with Crippen molar-refractivity contribution in [2.75, 3.05) is 6.61 Å². The summed E-state index contributed by atoms with van der Waals surface area (Å²) in [6.45, 7) is 4.02. The van der Waals surface area contributed by atoms with Gasteiger partial charge in [-0.3, -0.25) is 0 Å². The van der Waals surface area contributed by atoms with Crippen molar-refractivity contribution >= 4 is 0 Å². The second-order valence-electron chi connectivity index (χ2n) is 3.33. The molecular weight excluding hydrogens is 152 g/mol. The fourth-order valence-electron chi connectivity index (χ4n) is 0.829. The van der Waals surface area contributed by atoms with Crippen molar-refractivity contribution in [2.24, 2.45) is 0 Å². The molecule has 0 aliphatic carbocycles. The first-order valence-corrected chi connectivity index (χ1v) is 4.63. The Morgan fingerprint density at radius 2 is 2.00 bits per heavy atom. The maximum absolute atomic E-state index is 9.54. The molecule has 72 valence electrons. The second kappa shape index (κ2) is 6.21. The minimum atomic E-state index is -0.654. The number of rotatable bonds is 6. The van der Waals surface area contributed by atoms with Gasteiger partial charge in [0.05, 0.1) is 5.60 Å². The van der Waals surface area contributed by atoms with Gasteiger partial charge in [0.2, 0.25) is 0 Å². The number of allylic oxidation sites excluding steroid dienone is 1. The van der Waals surface area contributed by atoms with E-state index in [1.165, 1.54) is 0 Å². The first-order valence-electron chi connectivity index (χ1n) is 4.63. The topological polar surface area (TPSA) is 40.5 Å². The maximum atomic E-state index is 9.54. The quantitative estimate of drug-likeness (QED) is 0.474. The van der Waals surface area contributed by atoms with Crippen LogP contribution < -0.4 is 0 Å². The van der Waals surface area contributed by atoms with Crippen LogP contribution in [-0.2, 0) is 0 Å². The maximum Gasteiger partial charge on any atom is 0.0797 e. The predicted molar refractivity (Wildman–Crippen MR) is 51.0 cm³/mol. The fraction of sp³-hybridized carbons (Fsp3) is 0.800. The van der Waals surface area contributed by atoms with Gasteiger partial charge >= 0.3 is 0 Å². The Balaban J connectivity index is 3.47. The molecule has 0 bridgehead atoms. The van der Waals surface area contributed by atoms with Crippen LogP contribution in [0.15, 0.2) is 12.2 Å². The summed E-state index contributed by atoms with van der Waals surface area (Å²) in [7, 11) is 0. The van der Waals surface area contributed by atoms with Crippen LogP contribution in [0, 0.1) is 0 Å². The van der Waals surface area contributed by atoms with Gasteiger partial charge in [-0.25, -0.2) is 0 Å². The van der Waals surface area contributed by atoms with Crippen molar-refractivity contribution in [2.45, 2.75) is 45.1 Å². The Hall–Kier alpha value is -0.340. The third-order valence-electron chi connectivity index (χ3n) is 1.97. The summed E-state index contributed by atoms with van der Waals surface area (Å²) < 4.78 is 0. The van der Waals surface area contributed by atoms with Crippen LogP contribution in [0.3, 0.4) is 0 Å². The average Bonchev–Trinajstić information content (AvgIpc) is 2.04. The van der Waals surface area contributed by atoms with Crippen LogP contribution in [0.4, 0.5) is 0 Å². The molecule has 1 unspecified atom stereocenters. The molecule has 0 fully saturated rings. The zero-order valence-corrected chi connectivity index (χ0v) is 8.08. The highest BCUT2D eigenvalue weighted by Crippen LogP contribution is 2.10. The largest absolute Gasteiger partial charge is 0.396 e. The van der Waals surface area contributed by atoms with E-state index < -0.39 is 5.60 Å². The molecule has 0 saturated heterocycles. The van der Waals surface area contributed by atoms with Crippen LogP contribution in [0.1, 0.15) is 39.5 Å². The minimum absolute atomic E-state index is 0.262. The lowest BCUT2D eigenvalue weighted by molar-refractivity contribution is 0.107. The highest BCUT2D eigenvalue weighted by molar-refractivity contribution is 4.97. The van der Waals surface area contributed by atoms with Crippen molar-refractivity contribution in [3.63, 3.8) is 0 Å². The molecule has 0 spiro atoms. The molecule has 0 aromatic heterocycles. The summed E-state index contributed by atoms with van der Waals surface area (Å²) in [5.41, 5.74) is -0.654. The number of hydrogen-bond acceptors (Lipinski definition) is 2. The van der Waals surface area contributed by atoms with Crippen molar-refractivity contribution in [1.29, 1.82) is 0 Å². The van der Waals surface area contributed by atoms with Crippen molar-refractivity contribution in [3.8, 4) is 0 Å². The Morgan fingerprint density at radius 3 is 2.50 bits per heavy atom. The third kappa shape index (κ3) is 6.38. The molecule has 0 aliphatic heterocycles. The molecule has 2 heteroatoms. The normalized spacial score (nSPS) is 16.7. The molecule has 0 radical (unpaired) electrons. The standard InChI is InChI=1S/C10H20O2/c1-3-10(2,12)8-6-4-5-7-9-11/h6,8,11-12H,3-5,7,9H2,1-2H3/b8-6+. The predicted octanol–water partition coefficient (Wildman–Crippen LogP) is 1.87. The van der Waals surface area contributed by atoms with Gasteiger partial charge in [-0.1, -0.05) is 19.1 Å². The van der Waals surface area contributed by atoms with Gasteiger partial charge in [0, 0.05) is 6.61 Å². The van der Waals surface area contributed by atoms with Crippen molar-refractivity contribution < 1.29 is 10.2 Å². The first kappa shape index (κ1) is 11.7. The summed E-state index contributed by atoms with van der Waals surface area (Å²) in [5, 5.41) is 18.0. The molecule has 0 aromatic rings. The van der Waals surface area contributed by atoms with Gasteiger partial charge in [0.15, 0.2) is 0 Å². The fourth-order valence-corrected chi connectivity index (χ4v) is 0.829. The Kier molecular flexibility index (Phi) is 6.03. The van der Waals surface area contributed by atoms with Crippen molar-refractivity contribution in [1.82, 2.24) is 0 Å². The van der Waals surface area contributed by atoms with E-state index in [1.54, 1.807) is 6.92 Å². The van der Waals surface area contributed by atoms with Gasteiger partial charge < -0.3 is 10.2 Å². The van der Waals surface area contributed by atoms with E-state index in [-0.39, 0.29) is 6.61 Å². The molecule has 0 rings (SSSR count). The zero-order valence-electron chi connectivity index (χ0n) is 8.08. The Morgan fingerprint density at radius 1 is 1.33 bits per heavy atom. The summed E-state index contributed by atoms with van der Waals surface area (Å²) >= 11 is 0. The van der Waals surface area contributed by atoms with E-state index in [4.69, 9.17) is 5.11 Å². The SMILES string of the molecule is CCC(C)(O)/C=C/CCCCO. The number of aliphatic hydroxyl groups is 2. The lowest BCUT2D eigenvalue weighted by Gasteiger charge is -2.15. The summed E-state index contributed by atoms with van der Waals surface area (Å²) in [4.78, 5) is 0. The third-order valence-corrected chi connectivity index (χ3v) is 1.97. The molecular formula is C10H20O2. The van der Waals surface area contributed by atoms with Gasteiger partial charge in [-0.15, -0.1) is 0 Å². The van der Waals surface area contributed by atoms with Crippen molar-refractivity contribution in [3.05, 3.63) is 12.2 Å². The van der Waals surface area contributed by atoms with E-state index >= 15 is 0 Å². The second-order valence-corrected chi connectivity index (χ2v) is 3.33. The van der Waals surface area contributed by atoms with E-state index in [2.05, 4.69) is 0 Å². The molecule has 0 heterocycles. The molecule has 1 atom stereocenters. The van der Waals surface area contributed by atoms with Crippen LogP contribution in [0.25, 0.3) is 0 Å². The molecule has 0 aliphatic rings. The van der Waals surface area contributed by atoms with Crippen LogP contribution >= 0.6 is 0 Å². The van der Waals surface area contributed by atoms with E-state index in [0.717, 1.165) is 25.7 Å². The highest BCUT2D eigenvalue weighted by Gasteiger charge is 2.10. The summed E-state index contributed by atoms with van der Waals surface area (Å²) in [5.74, 6) is 0. The smallest absolute Gasteiger partial charge is 0.0797 e. The van der Waals surface area contributed by atoms with Crippen LogP contribution in [0.5, 0.6) is 0 Å². The first-order chi connectivity index (χ1) is 5.62. The van der Waals surface area contributed by atoms with E-state index in [9.17, 15) is 5.11 Å². The highest BCUT2D eigenvalue weighted by atomic mass is 16.3. The Bertz CT molecular complexity index is 128. The molecule has 12 heavy (non-hydrogen) atoms. The Labute approximate surface area is 74.9 Å². The molecule has 2 nitrogen and oxygen atoms in total.